The third-order valence-corrected chi connectivity index (χ3v) is 5.26. The van der Waals surface area contributed by atoms with Crippen LogP contribution >= 0.6 is 0 Å². The average molecular weight is 527 g/mol. The van der Waals surface area contributed by atoms with Crippen LogP contribution in [-0.4, -0.2) is 31.0 Å². The van der Waals surface area contributed by atoms with E-state index in [1.807, 2.05) is 62.4 Å². The Kier molecular flexibility index (Phi) is 9.64. The van der Waals surface area contributed by atoms with Crippen molar-refractivity contribution in [1.29, 1.82) is 0 Å². The minimum atomic E-state index is 0. The molecular formula is C27H31BrN2O4. The van der Waals surface area contributed by atoms with E-state index < -0.39 is 0 Å². The largest absolute Gasteiger partial charge is 1.00 e. The summed E-state index contributed by atoms with van der Waals surface area (Å²) in [5.41, 5.74) is 2.32. The molecule has 0 bridgehead atoms. The predicted octanol–water partition coefficient (Wildman–Crippen LogP) is 1.89. The zero-order valence-corrected chi connectivity index (χ0v) is 21.2. The Morgan fingerprint density at radius 3 is 1.74 bits per heavy atom. The third kappa shape index (κ3) is 6.23. The fourth-order valence-electron chi connectivity index (χ4n) is 3.80. The van der Waals surface area contributed by atoms with Crippen molar-refractivity contribution in [3.05, 3.63) is 79.1 Å². The van der Waals surface area contributed by atoms with Gasteiger partial charge in [0.1, 0.15) is 26.3 Å². The molecule has 0 unspecified atom stereocenters. The maximum atomic E-state index is 6.03. The molecule has 6 nitrogen and oxygen atoms in total. The molecule has 0 aliphatic rings. The summed E-state index contributed by atoms with van der Waals surface area (Å²) in [6, 6.07) is 23.9. The number of ether oxygens (including phenoxy) is 4. The maximum absolute atomic E-state index is 6.03. The molecule has 0 fully saturated rings. The van der Waals surface area contributed by atoms with Gasteiger partial charge in [-0.05, 0) is 50.2 Å². The van der Waals surface area contributed by atoms with Crippen LogP contribution in [0.2, 0.25) is 0 Å². The van der Waals surface area contributed by atoms with Crippen LogP contribution in [0.15, 0.2) is 79.1 Å². The first-order valence-electron chi connectivity index (χ1n) is 11.5. The third-order valence-electron chi connectivity index (χ3n) is 5.26. The van der Waals surface area contributed by atoms with Gasteiger partial charge in [-0.25, -0.2) is 9.13 Å². The van der Waals surface area contributed by atoms with E-state index in [4.69, 9.17) is 18.9 Å². The van der Waals surface area contributed by atoms with Gasteiger partial charge < -0.3 is 35.9 Å². The van der Waals surface area contributed by atoms with Gasteiger partial charge in [-0.3, -0.25) is 0 Å². The van der Waals surface area contributed by atoms with Gasteiger partial charge in [-0.15, -0.1) is 0 Å². The Bertz CT molecular complexity index is 1090. The van der Waals surface area contributed by atoms with E-state index in [-0.39, 0.29) is 17.0 Å². The molecule has 0 N–H and O–H groups in total. The first-order valence-corrected chi connectivity index (χ1v) is 11.5. The highest BCUT2D eigenvalue weighted by Gasteiger charge is 2.16. The van der Waals surface area contributed by atoms with Crippen molar-refractivity contribution in [1.82, 2.24) is 4.57 Å². The summed E-state index contributed by atoms with van der Waals surface area (Å²) < 4.78 is 27.8. The molecule has 0 amide bonds. The van der Waals surface area contributed by atoms with Gasteiger partial charge in [0.05, 0.1) is 13.2 Å². The van der Waals surface area contributed by atoms with Crippen molar-refractivity contribution >= 4 is 11.0 Å². The highest BCUT2D eigenvalue weighted by Crippen LogP contribution is 2.27. The van der Waals surface area contributed by atoms with E-state index in [1.165, 1.54) is 0 Å². The molecule has 1 aromatic heterocycles. The van der Waals surface area contributed by atoms with Gasteiger partial charge in [0.2, 0.25) is 6.33 Å². The quantitative estimate of drug-likeness (QED) is 0.264. The normalized spacial score (nSPS) is 10.5. The fourth-order valence-corrected chi connectivity index (χ4v) is 3.80. The van der Waals surface area contributed by atoms with Crippen molar-refractivity contribution in [2.75, 3.05) is 26.4 Å². The summed E-state index contributed by atoms with van der Waals surface area (Å²) >= 11 is 0. The second-order valence-electron chi connectivity index (χ2n) is 7.45. The van der Waals surface area contributed by atoms with E-state index in [9.17, 15) is 0 Å². The summed E-state index contributed by atoms with van der Waals surface area (Å²) in [4.78, 5) is 0. The number of fused-ring (bicyclic) bond motifs is 1. The number of para-hydroxylation sites is 6. The van der Waals surface area contributed by atoms with Crippen LogP contribution in [0.1, 0.15) is 13.8 Å². The SMILES string of the molecule is CCOc1ccccc1OCCn1c[n+](CCOc2ccccc2OCC)c2ccccc21.[Br-]. The molecule has 7 heteroatoms. The molecule has 4 aromatic rings. The summed E-state index contributed by atoms with van der Waals surface area (Å²) in [7, 11) is 0. The molecule has 0 atom stereocenters. The summed E-state index contributed by atoms with van der Waals surface area (Å²) in [6.45, 7) is 7.70. The van der Waals surface area contributed by atoms with Gasteiger partial charge in [0.25, 0.3) is 0 Å². The molecule has 0 saturated carbocycles. The summed E-state index contributed by atoms with van der Waals surface area (Å²) in [5.74, 6) is 3.09. The second-order valence-corrected chi connectivity index (χ2v) is 7.45. The van der Waals surface area contributed by atoms with Gasteiger partial charge in [-0.1, -0.05) is 36.4 Å². The topological polar surface area (TPSA) is 45.7 Å². The van der Waals surface area contributed by atoms with Crippen LogP contribution in [0.3, 0.4) is 0 Å². The molecule has 0 saturated heterocycles. The molecule has 34 heavy (non-hydrogen) atoms. The number of hydrogen-bond acceptors (Lipinski definition) is 4. The average Bonchev–Trinajstić information content (AvgIpc) is 3.19. The number of nitrogens with zero attached hydrogens (tertiary/aromatic N) is 2. The van der Waals surface area contributed by atoms with Crippen molar-refractivity contribution in [2.24, 2.45) is 0 Å². The first-order chi connectivity index (χ1) is 16.3. The molecule has 0 aliphatic heterocycles. The van der Waals surface area contributed by atoms with Gasteiger partial charge in [0, 0.05) is 0 Å². The van der Waals surface area contributed by atoms with Crippen molar-refractivity contribution < 1.29 is 40.5 Å². The van der Waals surface area contributed by atoms with Gasteiger partial charge >= 0.3 is 0 Å². The number of benzene rings is 3. The van der Waals surface area contributed by atoms with E-state index in [1.54, 1.807) is 0 Å². The highest BCUT2D eigenvalue weighted by molar-refractivity contribution is 5.71. The standard InChI is InChI=1S/C27H31N2O4.BrH/c1-3-30-24-13-7-9-15-26(24)32-19-17-28-21-29(23-12-6-5-11-22(23)28)18-20-33-27-16-10-8-14-25(27)31-4-2;/h5-16,21H,3-4,17-20H2,1-2H3;1H/q+1;/p-1. The number of halogens is 1. The van der Waals surface area contributed by atoms with E-state index in [2.05, 4.69) is 39.7 Å². The predicted molar refractivity (Wildman–Crippen MR) is 128 cm³/mol. The van der Waals surface area contributed by atoms with Crippen molar-refractivity contribution in [2.45, 2.75) is 26.9 Å². The first kappa shape index (κ1) is 25.4. The molecular weight excluding hydrogens is 496 g/mol. The zero-order chi connectivity index (χ0) is 22.9. The lowest BCUT2D eigenvalue weighted by Gasteiger charge is -2.11. The molecule has 1 heterocycles. The van der Waals surface area contributed by atoms with E-state index >= 15 is 0 Å². The number of aromatic nitrogens is 2. The van der Waals surface area contributed by atoms with Crippen molar-refractivity contribution in [3.8, 4) is 23.0 Å². The van der Waals surface area contributed by atoms with Crippen LogP contribution in [0.25, 0.3) is 11.0 Å². The lowest BCUT2D eigenvalue weighted by atomic mass is 10.3. The Balaban J connectivity index is 0.00000324. The Morgan fingerprint density at radius 1 is 0.647 bits per heavy atom. The second kappa shape index (κ2) is 12.9. The lowest BCUT2D eigenvalue weighted by Crippen LogP contribution is -3.00. The van der Waals surface area contributed by atoms with E-state index in [0.717, 1.165) is 47.1 Å². The van der Waals surface area contributed by atoms with Crippen LogP contribution in [-0.2, 0) is 13.1 Å². The Hall–Kier alpha value is -3.19. The molecule has 4 rings (SSSR count). The summed E-state index contributed by atoms with van der Waals surface area (Å²) in [6.07, 6.45) is 2.13. The maximum Gasteiger partial charge on any atom is 0.244 e. The zero-order valence-electron chi connectivity index (χ0n) is 19.7. The summed E-state index contributed by atoms with van der Waals surface area (Å²) in [5, 5.41) is 0. The molecule has 0 radical (unpaired) electrons. The highest BCUT2D eigenvalue weighted by atomic mass is 79.9. The molecule has 180 valence electrons. The number of rotatable bonds is 12. The minimum Gasteiger partial charge on any atom is -1.00 e. The van der Waals surface area contributed by atoms with Crippen LogP contribution in [0.5, 0.6) is 23.0 Å². The Morgan fingerprint density at radius 2 is 1.15 bits per heavy atom. The minimum absolute atomic E-state index is 0. The van der Waals surface area contributed by atoms with E-state index in [0.29, 0.717) is 26.4 Å². The Labute approximate surface area is 211 Å². The lowest BCUT2D eigenvalue weighted by molar-refractivity contribution is -0.672. The van der Waals surface area contributed by atoms with Gasteiger partial charge in [0.15, 0.2) is 34.0 Å². The molecule has 3 aromatic carbocycles. The van der Waals surface area contributed by atoms with Crippen molar-refractivity contribution in [3.63, 3.8) is 0 Å². The van der Waals surface area contributed by atoms with Crippen LogP contribution < -0.4 is 40.5 Å². The fraction of sp³-hybridized carbons (Fsp3) is 0.296. The number of hydrogen-bond donors (Lipinski definition) is 0. The monoisotopic (exact) mass is 526 g/mol. The molecule has 0 spiro atoms. The van der Waals surface area contributed by atoms with Crippen LogP contribution in [0, 0.1) is 0 Å². The smallest absolute Gasteiger partial charge is 0.244 e. The molecule has 0 aliphatic carbocycles. The van der Waals surface area contributed by atoms with Crippen LogP contribution in [0.4, 0.5) is 0 Å². The number of imidazole rings is 1. The van der Waals surface area contributed by atoms with Gasteiger partial charge in [-0.2, -0.15) is 0 Å².